The number of Topliss-reactive ketones (excluding diaryl/α,β-unsaturated/α-hetero) is 1. The summed E-state index contributed by atoms with van der Waals surface area (Å²) in [6, 6.07) is 7.90. The largest absolute Gasteiger partial charge is 0.497 e. The van der Waals surface area contributed by atoms with Crippen LogP contribution in [0.25, 0.3) is 0 Å². The molecule has 0 radical (unpaired) electrons. The molecule has 11 nitrogen and oxygen atoms in total. The molecule has 1 fully saturated rings. The molecule has 0 bridgehead atoms. The summed E-state index contributed by atoms with van der Waals surface area (Å²) in [5.74, 6) is -1.19. The first kappa shape index (κ1) is 58.9. The Hall–Kier alpha value is -1.25. The van der Waals surface area contributed by atoms with Gasteiger partial charge in [-0.15, -0.1) is 0 Å². The molecule has 1 saturated heterocycles. The number of methoxy groups -OCH3 is 1. The minimum Gasteiger partial charge on any atom is -0.497 e. The lowest BCUT2D eigenvalue weighted by molar-refractivity contribution is -0.171. The Morgan fingerprint density at radius 2 is 1.12 bits per heavy atom. The molecule has 15 heteroatoms. The number of hydroxylamine groups is 2. The molecule has 0 aliphatic carbocycles. The fourth-order valence-corrected chi connectivity index (χ4v) is 11.4. The highest BCUT2D eigenvalue weighted by Gasteiger charge is 2.65. The average Bonchev–Trinajstić information content (AvgIpc) is 3.84. The van der Waals surface area contributed by atoms with Crippen molar-refractivity contribution in [2.75, 3.05) is 41.1 Å². The number of rotatable bonds is 24. The minimum atomic E-state index is -2.59. The molecule has 0 saturated carbocycles. The van der Waals surface area contributed by atoms with Gasteiger partial charge in [-0.25, -0.2) is 5.06 Å². The van der Waals surface area contributed by atoms with Crippen LogP contribution in [0.2, 0.25) is 72.5 Å². The minimum absolute atomic E-state index is 0.0135. The number of benzene rings is 1. The molecule has 1 aromatic rings. The topological polar surface area (TPSA) is 115 Å². The average molecular weight is 971 g/mol. The van der Waals surface area contributed by atoms with Gasteiger partial charge in [0.25, 0.3) is 0 Å². The van der Waals surface area contributed by atoms with Crippen LogP contribution >= 0.6 is 0 Å². The molecule has 1 aromatic carbocycles. The summed E-state index contributed by atoms with van der Waals surface area (Å²) in [5, 5.41) is 0.590. The highest BCUT2D eigenvalue weighted by atomic mass is 28.4. The van der Waals surface area contributed by atoms with Crippen molar-refractivity contribution >= 4 is 45.0 Å². The summed E-state index contributed by atoms with van der Waals surface area (Å²) in [6.07, 6.45) is -1.79. The van der Waals surface area contributed by atoms with Crippen LogP contribution in [0, 0.1) is 17.8 Å². The first-order valence-corrected chi connectivity index (χ1v) is 35.2. The number of ketones is 1. The number of epoxide rings is 1. The Morgan fingerprint density at radius 1 is 0.688 bits per heavy atom. The molecular weight excluding hydrogens is 875 g/mol. The zero-order valence-corrected chi connectivity index (χ0v) is 49.3. The van der Waals surface area contributed by atoms with E-state index in [0.29, 0.717) is 13.2 Å². The first-order chi connectivity index (χ1) is 28.7. The number of amides is 1. The molecule has 1 amide bonds. The van der Waals surface area contributed by atoms with Gasteiger partial charge in [0.15, 0.2) is 33.3 Å². The fraction of sp³-hybridized carbons (Fsp3) is 0.837. The number of carbonyl (C=O) groups excluding carboxylic acids is 2. The molecule has 0 aromatic heterocycles. The molecule has 0 N–H and O–H groups in total. The Kier molecular flexibility index (Phi) is 19.9. The third-order valence-corrected chi connectivity index (χ3v) is 33.6. The van der Waals surface area contributed by atoms with Gasteiger partial charge in [-0.2, -0.15) is 0 Å². The van der Waals surface area contributed by atoms with Crippen molar-refractivity contribution in [3.05, 3.63) is 29.8 Å². The molecule has 7 atom stereocenters. The van der Waals surface area contributed by atoms with E-state index in [1.807, 2.05) is 24.3 Å². The third-order valence-electron chi connectivity index (χ3n) is 15.7. The maximum Gasteiger partial charge on any atom is 0.248 e. The highest BCUT2D eigenvalue weighted by molar-refractivity contribution is 6.75. The van der Waals surface area contributed by atoms with Gasteiger partial charge < -0.3 is 31.9 Å². The van der Waals surface area contributed by atoms with Crippen molar-refractivity contribution < 1.29 is 46.3 Å². The van der Waals surface area contributed by atoms with E-state index in [9.17, 15) is 4.79 Å². The third kappa shape index (κ3) is 15.1. The molecule has 0 unspecified atom stereocenters. The van der Waals surface area contributed by atoms with Crippen LogP contribution in [0.4, 0.5) is 0 Å². The van der Waals surface area contributed by atoms with E-state index in [1.165, 1.54) is 12.2 Å². The van der Waals surface area contributed by atoms with Gasteiger partial charge in [-0.05, 0) is 97.1 Å². The second-order valence-electron chi connectivity index (χ2n) is 24.8. The van der Waals surface area contributed by atoms with Crippen molar-refractivity contribution in [2.45, 2.75) is 206 Å². The summed E-state index contributed by atoms with van der Waals surface area (Å²) >= 11 is 0. The van der Waals surface area contributed by atoms with E-state index in [-0.39, 0.29) is 63.5 Å². The molecule has 1 aliphatic rings. The van der Waals surface area contributed by atoms with Crippen LogP contribution in [0.1, 0.15) is 109 Å². The Labute approximate surface area is 395 Å². The second-order valence-corrected chi connectivity index (χ2v) is 43.9. The number of nitrogens with zero attached hydrogens (tertiary/aromatic N) is 1. The lowest BCUT2D eigenvalue weighted by Crippen LogP contribution is -2.57. The normalized spacial score (nSPS) is 20.6. The molecule has 372 valence electrons. The summed E-state index contributed by atoms with van der Waals surface area (Å²) in [7, 11) is -5.30. The Bertz CT molecular complexity index is 1660. The van der Waals surface area contributed by atoms with Crippen LogP contribution in [-0.4, -0.2) is 115 Å². The Balaban J connectivity index is 2.91. The summed E-state index contributed by atoms with van der Waals surface area (Å²) in [6.45, 7) is 49.5. The van der Waals surface area contributed by atoms with Gasteiger partial charge in [0.05, 0.1) is 64.0 Å². The molecule has 0 spiro atoms. The van der Waals surface area contributed by atoms with Crippen molar-refractivity contribution in [3.8, 4) is 5.75 Å². The maximum atomic E-state index is 16.4. The van der Waals surface area contributed by atoms with Crippen LogP contribution in [-0.2, 0) is 48.2 Å². The zero-order valence-electron chi connectivity index (χ0n) is 45.3. The number of hydrogen-bond acceptors (Lipinski definition) is 10. The van der Waals surface area contributed by atoms with Gasteiger partial charge in [0.1, 0.15) is 17.1 Å². The zero-order chi connectivity index (χ0) is 49.9. The van der Waals surface area contributed by atoms with E-state index in [1.54, 1.807) is 14.2 Å². The van der Waals surface area contributed by atoms with Gasteiger partial charge >= 0.3 is 0 Å². The Morgan fingerprint density at radius 3 is 1.55 bits per heavy atom. The SMILES string of the molecule is COc1ccc(COC[C@H](C)[C@H]2O[C@]2(C)[C@@H](O[Si](C)(C)C(C)(C)C)[C@@H](CO[Si](C)(C)C(C)(C)C)C(=O)[C@H](CO[Si](C)(C)C(C)(C)C)[C@H](CC(=O)N(C)OC)O[Si](C)(C)C(C)(C)C)cc1. The first-order valence-electron chi connectivity index (χ1n) is 23.6. The van der Waals surface area contributed by atoms with E-state index in [0.717, 1.165) is 11.3 Å². The number of ether oxygens (including phenoxy) is 3. The lowest BCUT2D eigenvalue weighted by atomic mass is 9.79. The van der Waals surface area contributed by atoms with Crippen molar-refractivity contribution in [1.29, 1.82) is 0 Å². The number of hydrogen-bond donors (Lipinski definition) is 0. The second kappa shape index (κ2) is 21.6. The van der Waals surface area contributed by atoms with E-state index < -0.39 is 62.9 Å². The van der Waals surface area contributed by atoms with Crippen LogP contribution in [0.15, 0.2) is 24.3 Å². The molecule has 1 aliphatic heterocycles. The standard InChI is InChI=1S/C49H95NO10Si4/c1-35(31-55-32-36-26-28-37(53-16)29-27-36)43-49(14,58-43)44(60-64(24,25)48(11,12)13)39(34-57-62(20,21)46(5,6)7)42(52)38(33-56-61(18,19)45(2,3)4)40(30-41(51)50(15)54-17)59-63(22,23)47(8,9)10/h26-29,35,38-40,43-44H,30-34H2,1-25H3/t35-,38+,39-,40-,43+,44-,49-/m0/s1. The van der Waals surface area contributed by atoms with Crippen molar-refractivity contribution in [2.24, 2.45) is 17.8 Å². The van der Waals surface area contributed by atoms with Crippen LogP contribution in [0.3, 0.4) is 0 Å². The quantitative estimate of drug-likeness (QED) is 0.0563. The maximum absolute atomic E-state index is 16.4. The van der Waals surface area contributed by atoms with Crippen LogP contribution in [0.5, 0.6) is 5.75 Å². The van der Waals surface area contributed by atoms with E-state index >= 15 is 4.79 Å². The van der Waals surface area contributed by atoms with Crippen molar-refractivity contribution in [1.82, 2.24) is 5.06 Å². The summed E-state index contributed by atoms with van der Waals surface area (Å²) < 4.78 is 47.5. The molecule has 64 heavy (non-hydrogen) atoms. The summed E-state index contributed by atoms with van der Waals surface area (Å²) in [4.78, 5) is 35.8. The number of carbonyl (C=O) groups is 2. The lowest BCUT2D eigenvalue weighted by Gasteiger charge is -2.46. The van der Waals surface area contributed by atoms with Gasteiger partial charge in [0.2, 0.25) is 5.91 Å². The molecule has 2 rings (SSSR count). The van der Waals surface area contributed by atoms with E-state index in [4.69, 9.17) is 36.8 Å². The van der Waals surface area contributed by atoms with Gasteiger partial charge in [-0.1, -0.05) is 102 Å². The van der Waals surface area contributed by atoms with E-state index in [2.05, 4.69) is 149 Å². The molecular formula is C49H95NO10Si4. The van der Waals surface area contributed by atoms with Crippen molar-refractivity contribution in [3.63, 3.8) is 0 Å². The van der Waals surface area contributed by atoms with Gasteiger partial charge in [-0.3, -0.25) is 14.4 Å². The summed E-state index contributed by atoms with van der Waals surface area (Å²) in [5.41, 5.74) is 0.207. The fourth-order valence-electron chi connectivity index (χ4n) is 6.63. The molecule has 1 heterocycles. The predicted octanol–water partition coefficient (Wildman–Crippen LogP) is 12.0. The van der Waals surface area contributed by atoms with Crippen LogP contribution < -0.4 is 4.74 Å². The highest BCUT2D eigenvalue weighted by Crippen LogP contribution is 2.52. The smallest absolute Gasteiger partial charge is 0.248 e. The van der Waals surface area contributed by atoms with Gasteiger partial charge in [0, 0.05) is 26.2 Å². The monoisotopic (exact) mass is 970 g/mol. The predicted molar refractivity (Wildman–Crippen MR) is 272 cm³/mol.